The molecule has 0 aromatic carbocycles. The molecule has 2 rings (SSSR count). The zero-order valence-electron chi connectivity index (χ0n) is 17.5. The first-order valence-electron chi connectivity index (χ1n) is 10.2. The number of Topliss-reactive ketones (excluding diaryl/α,β-unsaturated/α-hetero) is 1. The maximum absolute atomic E-state index is 12.8. The first-order chi connectivity index (χ1) is 12.5. The first-order valence-corrected chi connectivity index (χ1v) is 11.2. The second-order valence-corrected chi connectivity index (χ2v) is 11.0. The monoisotopic (exact) mass is 397 g/mol. The van der Waals surface area contributed by atoms with E-state index in [0.717, 1.165) is 18.8 Å². The van der Waals surface area contributed by atoms with Gasteiger partial charge in [-0.05, 0) is 32.6 Å². The van der Waals surface area contributed by atoms with Crippen LogP contribution in [0.4, 0.5) is 0 Å². The van der Waals surface area contributed by atoms with Crippen molar-refractivity contribution in [2.45, 2.75) is 90.5 Å². The first kappa shape index (κ1) is 22.3. The number of ketones is 1. The number of hydrogen-bond acceptors (Lipinski definition) is 5. The molecule has 1 heterocycles. The van der Waals surface area contributed by atoms with Crippen LogP contribution in [0.3, 0.4) is 0 Å². The smallest absolute Gasteiger partial charge is 0.329 e. The van der Waals surface area contributed by atoms with Crippen LogP contribution in [0.5, 0.6) is 0 Å². The summed E-state index contributed by atoms with van der Waals surface area (Å²) < 4.78 is 5.50. The Bertz CT molecular complexity index is 561. The van der Waals surface area contributed by atoms with Crippen molar-refractivity contribution in [2.24, 2.45) is 11.3 Å². The maximum atomic E-state index is 12.8. The number of esters is 1. The van der Waals surface area contributed by atoms with Crippen LogP contribution in [0.1, 0.15) is 79.6 Å². The molecule has 0 spiro atoms. The molecule has 0 N–H and O–H groups in total. The van der Waals surface area contributed by atoms with Gasteiger partial charge in [0.25, 0.3) is 5.91 Å². The van der Waals surface area contributed by atoms with Gasteiger partial charge in [-0.25, -0.2) is 4.79 Å². The Balaban J connectivity index is 1.91. The number of nitrogens with zero attached hydrogens (tertiary/aromatic N) is 1. The second kappa shape index (κ2) is 8.97. The zero-order valence-corrected chi connectivity index (χ0v) is 18.3. The molecule has 6 heteroatoms. The van der Waals surface area contributed by atoms with Gasteiger partial charge in [0, 0.05) is 11.2 Å². The molecule has 0 aromatic rings. The molecule has 0 unspecified atom stereocenters. The van der Waals surface area contributed by atoms with Gasteiger partial charge in [0.1, 0.15) is 6.04 Å². The third-order valence-corrected chi connectivity index (χ3v) is 6.96. The molecule has 154 valence electrons. The third-order valence-electron chi connectivity index (χ3n) is 5.58. The predicted molar refractivity (Wildman–Crippen MR) is 108 cm³/mol. The molecule has 1 atom stereocenters. The Kier molecular flexibility index (Phi) is 7.40. The molecule has 2 fully saturated rings. The predicted octanol–water partition coefficient (Wildman–Crippen LogP) is 4.19. The largest absolute Gasteiger partial charge is 0.464 e. The van der Waals surface area contributed by atoms with Crippen LogP contribution in [0.15, 0.2) is 0 Å². The highest BCUT2D eigenvalue weighted by atomic mass is 32.2. The molecular weight excluding hydrogens is 362 g/mol. The Morgan fingerprint density at radius 3 is 2.33 bits per heavy atom. The van der Waals surface area contributed by atoms with Gasteiger partial charge in [-0.1, -0.05) is 52.9 Å². The van der Waals surface area contributed by atoms with Crippen molar-refractivity contribution in [3.63, 3.8) is 0 Å². The van der Waals surface area contributed by atoms with Gasteiger partial charge in [0.05, 0.1) is 11.5 Å². The minimum atomic E-state index is -0.769. The molecule has 5 nitrogen and oxygen atoms in total. The summed E-state index contributed by atoms with van der Waals surface area (Å²) in [5, 5.41) is 0. The standard InChI is InChI=1S/C21H35NO4S/c1-20(2,3)17(23)18(24)22-16(14-27-21(22,4)5)19(25)26-13-9-12-15-10-7-6-8-11-15/h15-16H,6-14H2,1-5H3/t16-/m0/s1. The number of carbonyl (C=O) groups is 3. The molecular formula is C21H35NO4S. The van der Waals surface area contributed by atoms with Gasteiger partial charge < -0.3 is 9.64 Å². The van der Waals surface area contributed by atoms with Crippen molar-refractivity contribution in [3.05, 3.63) is 0 Å². The van der Waals surface area contributed by atoms with E-state index in [4.69, 9.17) is 4.74 Å². The van der Waals surface area contributed by atoms with E-state index in [-0.39, 0.29) is 5.97 Å². The summed E-state index contributed by atoms with van der Waals surface area (Å²) >= 11 is 1.51. The van der Waals surface area contributed by atoms with Gasteiger partial charge in [-0.3, -0.25) is 9.59 Å². The fraction of sp³-hybridized carbons (Fsp3) is 0.857. The van der Waals surface area contributed by atoms with Crippen LogP contribution in [0.2, 0.25) is 0 Å². The number of amides is 1. The van der Waals surface area contributed by atoms with Crippen LogP contribution < -0.4 is 0 Å². The van der Waals surface area contributed by atoms with Crippen LogP contribution >= 0.6 is 11.8 Å². The third kappa shape index (κ3) is 5.72. The van der Waals surface area contributed by atoms with E-state index in [1.54, 1.807) is 20.8 Å². The summed E-state index contributed by atoms with van der Waals surface area (Å²) in [7, 11) is 0. The fourth-order valence-corrected chi connectivity index (χ4v) is 5.11. The molecule has 1 aliphatic heterocycles. The molecule has 0 aromatic heterocycles. The average molecular weight is 398 g/mol. The summed E-state index contributed by atoms with van der Waals surface area (Å²) in [4.78, 5) is 38.8. The minimum Gasteiger partial charge on any atom is -0.464 e. The molecule has 1 amide bonds. The van der Waals surface area contributed by atoms with Crippen molar-refractivity contribution in [1.82, 2.24) is 4.90 Å². The molecule has 2 aliphatic rings. The second-order valence-electron chi connectivity index (χ2n) is 9.34. The summed E-state index contributed by atoms with van der Waals surface area (Å²) in [6.07, 6.45) is 8.53. The summed E-state index contributed by atoms with van der Waals surface area (Å²) in [6, 6.07) is -0.682. The van der Waals surface area contributed by atoms with E-state index in [0.29, 0.717) is 12.4 Å². The van der Waals surface area contributed by atoms with Crippen LogP contribution in [-0.4, -0.2) is 45.8 Å². The molecule has 1 saturated heterocycles. The lowest BCUT2D eigenvalue weighted by Crippen LogP contribution is -2.54. The van der Waals surface area contributed by atoms with Crippen LogP contribution in [0.25, 0.3) is 0 Å². The topological polar surface area (TPSA) is 63.7 Å². The highest BCUT2D eigenvalue weighted by molar-refractivity contribution is 8.00. The molecule has 1 aliphatic carbocycles. The van der Waals surface area contributed by atoms with E-state index >= 15 is 0 Å². The Morgan fingerprint density at radius 2 is 1.74 bits per heavy atom. The van der Waals surface area contributed by atoms with Crippen molar-refractivity contribution in [3.8, 4) is 0 Å². The number of hydrogen-bond donors (Lipinski definition) is 0. The molecule has 0 radical (unpaired) electrons. The van der Waals surface area contributed by atoms with Crippen molar-refractivity contribution in [1.29, 1.82) is 0 Å². The van der Waals surface area contributed by atoms with E-state index in [2.05, 4.69) is 0 Å². The molecule has 1 saturated carbocycles. The van der Waals surface area contributed by atoms with E-state index in [1.165, 1.54) is 48.8 Å². The maximum Gasteiger partial charge on any atom is 0.329 e. The van der Waals surface area contributed by atoms with E-state index < -0.39 is 28.0 Å². The lowest BCUT2D eigenvalue weighted by molar-refractivity contribution is -0.159. The molecule has 0 bridgehead atoms. The minimum absolute atomic E-state index is 0.383. The Hall–Kier alpha value is -1.04. The molecule has 27 heavy (non-hydrogen) atoms. The SMILES string of the molecule is CC(C)(C)C(=O)C(=O)N1[C@H](C(=O)OCCCC2CCCCC2)CSC1(C)C. The normalized spacial score (nSPS) is 23.3. The van der Waals surface area contributed by atoms with Crippen molar-refractivity contribution < 1.29 is 19.1 Å². The lowest BCUT2D eigenvalue weighted by Gasteiger charge is -2.34. The highest BCUT2D eigenvalue weighted by Gasteiger charge is 2.50. The van der Waals surface area contributed by atoms with Crippen LogP contribution in [0, 0.1) is 11.3 Å². The van der Waals surface area contributed by atoms with Crippen LogP contribution in [-0.2, 0) is 19.1 Å². The number of rotatable bonds is 6. The number of thioether (sulfide) groups is 1. The zero-order chi connectivity index (χ0) is 20.2. The fourth-order valence-electron chi connectivity index (χ4n) is 3.91. The van der Waals surface area contributed by atoms with E-state index in [9.17, 15) is 14.4 Å². The Labute approximate surface area is 168 Å². The van der Waals surface area contributed by atoms with E-state index in [1.807, 2.05) is 13.8 Å². The summed E-state index contributed by atoms with van der Waals surface area (Å²) in [5.74, 6) is -0.194. The van der Waals surface area contributed by atoms with Gasteiger partial charge >= 0.3 is 5.97 Å². The summed E-state index contributed by atoms with van der Waals surface area (Å²) in [6.45, 7) is 9.32. The average Bonchev–Trinajstić information content (AvgIpc) is 2.92. The quantitative estimate of drug-likeness (QED) is 0.382. The van der Waals surface area contributed by atoms with Crippen molar-refractivity contribution in [2.75, 3.05) is 12.4 Å². The highest BCUT2D eigenvalue weighted by Crippen LogP contribution is 2.40. The number of ether oxygens (including phenoxy) is 1. The van der Waals surface area contributed by atoms with Gasteiger partial charge in [0.2, 0.25) is 5.78 Å². The Morgan fingerprint density at radius 1 is 1.11 bits per heavy atom. The van der Waals surface area contributed by atoms with Gasteiger partial charge in [0.15, 0.2) is 0 Å². The lowest BCUT2D eigenvalue weighted by atomic mass is 9.86. The van der Waals surface area contributed by atoms with Gasteiger partial charge in [-0.2, -0.15) is 0 Å². The number of carbonyl (C=O) groups excluding carboxylic acids is 3. The van der Waals surface area contributed by atoms with Crippen molar-refractivity contribution >= 4 is 29.4 Å². The van der Waals surface area contributed by atoms with Gasteiger partial charge in [-0.15, -0.1) is 11.8 Å². The summed E-state index contributed by atoms with van der Waals surface area (Å²) in [5.41, 5.74) is -0.769.